The Balaban J connectivity index is 1.52. The number of piperazine rings is 1. The Morgan fingerprint density at radius 1 is 1.03 bits per heavy atom. The van der Waals surface area contributed by atoms with E-state index in [1.807, 2.05) is 6.07 Å². The maximum atomic E-state index is 14.0. The molecule has 150 valence electrons. The molecule has 1 saturated heterocycles. The zero-order valence-electron chi connectivity index (χ0n) is 16.3. The number of fused-ring (bicyclic) bond motifs is 1. The van der Waals surface area contributed by atoms with Gasteiger partial charge in [0.1, 0.15) is 35.0 Å². The third-order valence-corrected chi connectivity index (χ3v) is 5.10. The first-order valence-corrected chi connectivity index (χ1v) is 9.28. The minimum absolute atomic E-state index is 0.0947. The summed E-state index contributed by atoms with van der Waals surface area (Å²) >= 11 is 0. The van der Waals surface area contributed by atoms with Gasteiger partial charge in [-0.15, -0.1) is 0 Å². The van der Waals surface area contributed by atoms with Crippen LogP contribution in [0, 0.1) is 5.82 Å². The Morgan fingerprint density at radius 3 is 2.55 bits per heavy atom. The largest absolute Gasteiger partial charge is 0.497 e. The number of aromatic nitrogens is 2. The molecule has 0 atom stereocenters. The van der Waals surface area contributed by atoms with E-state index in [9.17, 15) is 9.18 Å². The van der Waals surface area contributed by atoms with Crippen molar-refractivity contribution >= 4 is 22.6 Å². The van der Waals surface area contributed by atoms with Crippen LogP contribution in [0.4, 0.5) is 10.2 Å². The fourth-order valence-electron chi connectivity index (χ4n) is 3.56. The molecule has 1 amide bonds. The van der Waals surface area contributed by atoms with Gasteiger partial charge >= 0.3 is 0 Å². The van der Waals surface area contributed by atoms with E-state index in [-0.39, 0.29) is 11.7 Å². The Kier molecular flexibility index (Phi) is 5.16. The summed E-state index contributed by atoms with van der Waals surface area (Å²) in [6.45, 7) is 2.23. The Bertz CT molecular complexity index is 1050. The van der Waals surface area contributed by atoms with E-state index >= 15 is 0 Å². The summed E-state index contributed by atoms with van der Waals surface area (Å²) in [5, 5.41) is 0.670. The molecule has 1 aromatic heterocycles. The highest BCUT2D eigenvalue weighted by Crippen LogP contribution is 2.28. The van der Waals surface area contributed by atoms with E-state index in [2.05, 4.69) is 14.9 Å². The van der Waals surface area contributed by atoms with Crippen LogP contribution in [0.25, 0.3) is 10.9 Å². The van der Waals surface area contributed by atoms with E-state index in [1.54, 1.807) is 36.3 Å². The number of para-hydroxylation sites is 1. The minimum Gasteiger partial charge on any atom is -0.497 e. The molecule has 0 unspecified atom stereocenters. The van der Waals surface area contributed by atoms with Gasteiger partial charge in [-0.25, -0.2) is 14.4 Å². The molecule has 0 saturated carbocycles. The molecule has 0 aliphatic carbocycles. The zero-order chi connectivity index (χ0) is 20.4. The lowest BCUT2D eigenvalue weighted by Crippen LogP contribution is -2.49. The molecule has 8 heteroatoms. The van der Waals surface area contributed by atoms with Crippen LogP contribution >= 0.6 is 0 Å². The van der Waals surface area contributed by atoms with Crippen LogP contribution in [0.1, 0.15) is 10.4 Å². The molecule has 1 aliphatic heterocycles. The van der Waals surface area contributed by atoms with Crippen LogP contribution in [0.2, 0.25) is 0 Å². The average Bonchev–Trinajstić information content (AvgIpc) is 2.78. The second-order valence-corrected chi connectivity index (χ2v) is 6.68. The average molecular weight is 396 g/mol. The van der Waals surface area contributed by atoms with Gasteiger partial charge in [0.15, 0.2) is 0 Å². The monoisotopic (exact) mass is 396 g/mol. The van der Waals surface area contributed by atoms with Gasteiger partial charge in [0.05, 0.1) is 19.8 Å². The Hall–Kier alpha value is -3.42. The second kappa shape index (κ2) is 7.90. The van der Waals surface area contributed by atoms with Gasteiger partial charge in [-0.3, -0.25) is 4.79 Å². The van der Waals surface area contributed by atoms with Crippen LogP contribution in [0.5, 0.6) is 11.5 Å². The van der Waals surface area contributed by atoms with Gasteiger partial charge in [-0.2, -0.15) is 0 Å². The second-order valence-electron chi connectivity index (χ2n) is 6.68. The first-order valence-electron chi connectivity index (χ1n) is 9.28. The van der Waals surface area contributed by atoms with Crippen molar-refractivity contribution in [3.05, 3.63) is 54.1 Å². The van der Waals surface area contributed by atoms with E-state index in [4.69, 9.17) is 9.47 Å². The standard InChI is InChI=1S/C21H21FN4O3/c1-28-14-6-7-15(18(12-14)29-2)21(27)26-10-8-25(9-11-26)20-16-4-3-5-17(22)19(16)23-13-24-20/h3-7,12-13H,8-11H2,1-2H3. The molecular formula is C21H21FN4O3. The maximum Gasteiger partial charge on any atom is 0.257 e. The highest BCUT2D eigenvalue weighted by Gasteiger charge is 2.26. The predicted octanol–water partition coefficient (Wildman–Crippen LogP) is 2.75. The predicted molar refractivity (Wildman–Crippen MR) is 107 cm³/mol. The number of carbonyl (C=O) groups is 1. The molecule has 2 heterocycles. The van der Waals surface area contributed by atoms with E-state index in [0.29, 0.717) is 60.0 Å². The minimum atomic E-state index is -0.369. The number of anilines is 1. The van der Waals surface area contributed by atoms with Gasteiger partial charge in [0, 0.05) is 37.6 Å². The number of hydrogen-bond acceptors (Lipinski definition) is 6. The van der Waals surface area contributed by atoms with Crippen molar-refractivity contribution in [3.8, 4) is 11.5 Å². The molecule has 0 N–H and O–H groups in total. The molecule has 4 rings (SSSR count). The number of nitrogens with zero attached hydrogens (tertiary/aromatic N) is 4. The molecule has 29 heavy (non-hydrogen) atoms. The van der Waals surface area contributed by atoms with Crippen molar-refractivity contribution in [1.29, 1.82) is 0 Å². The Labute approximate surface area is 167 Å². The topological polar surface area (TPSA) is 67.8 Å². The molecule has 3 aromatic rings. The number of methoxy groups -OCH3 is 2. The van der Waals surface area contributed by atoms with Crippen molar-refractivity contribution in [2.24, 2.45) is 0 Å². The highest BCUT2D eigenvalue weighted by molar-refractivity contribution is 5.97. The van der Waals surface area contributed by atoms with E-state index in [0.717, 1.165) is 0 Å². The zero-order valence-corrected chi connectivity index (χ0v) is 16.3. The van der Waals surface area contributed by atoms with Gasteiger partial charge < -0.3 is 19.3 Å². The van der Waals surface area contributed by atoms with Gasteiger partial charge in [0.25, 0.3) is 5.91 Å². The molecule has 1 fully saturated rings. The van der Waals surface area contributed by atoms with Gasteiger partial charge in [-0.05, 0) is 24.3 Å². The number of benzene rings is 2. The molecule has 0 spiro atoms. The fourth-order valence-corrected chi connectivity index (χ4v) is 3.56. The van der Waals surface area contributed by atoms with Crippen LogP contribution in [-0.2, 0) is 0 Å². The summed E-state index contributed by atoms with van der Waals surface area (Å²) in [4.78, 5) is 25.2. The lowest BCUT2D eigenvalue weighted by Gasteiger charge is -2.36. The van der Waals surface area contributed by atoms with Crippen LogP contribution in [0.15, 0.2) is 42.7 Å². The van der Waals surface area contributed by atoms with Crippen molar-refractivity contribution in [1.82, 2.24) is 14.9 Å². The number of halogens is 1. The summed E-state index contributed by atoms with van der Waals surface area (Å²) in [5.41, 5.74) is 0.801. The van der Waals surface area contributed by atoms with Crippen LogP contribution in [-0.4, -0.2) is 61.2 Å². The molecule has 1 aliphatic rings. The van der Waals surface area contributed by atoms with Crippen molar-refractivity contribution in [2.75, 3.05) is 45.3 Å². The summed E-state index contributed by atoms with van der Waals surface area (Å²) in [5.74, 6) is 1.33. The molecule has 0 bridgehead atoms. The van der Waals surface area contributed by atoms with E-state index in [1.165, 1.54) is 19.5 Å². The normalized spacial score (nSPS) is 14.2. The first kappa shape index (κ1) is 18.9. The molecule has 2 aromatic carbocycles. The fraction of sp³-hybridized carbons (Fsp3) is 0.286. The third-order valence-electron chi connectivity index (χ3n) is 5.10. The van der Waals surface area contributed by atoms with Crippen molar-refractivity contribution in [3.63, 3.8) is 0 Å². The number of ether oxygens (including phenoxy) is 2. The number of hydrogen-bond donors (Lipinski definition) is 0. The van der Waals surface area contributed by atoms with Gasteiger partial charge in [0.2, 0.25) is 0 Å². The Morgan fingerprint density at radius 2 is 1.83 bits per heavy atom. The van der Waals surface area contributed by atoms with Crippen molar-refractivity contribution in [2.45, 2.75) is 0 Å². The summed E-state index contributed by atoms with van der Waals surface area (Å²) in [6, 6.07) is 10.0. The lowest BCUT2D eigenvalue weighted by atomic mass is 10.1. The SMILES string of the molecule is COc1ccc(C(=O)N2CCN(c3ncnc4c(F)cccc34)CC2)c(OC)c1. The number of amides is 1. The highest BCUT2D eigenvalue weighted by atomic mass is 19.1. The lowest BCUT2D eigenvalue weighted by molar-refractivity contribution is 0.0743. The first-order chi connectivity index (χ1) is 14.1. The van der Waals surface area contributed by atoms with Crippen LogP contribution < -0.4 is 14.4 Å². The van der Waals surface area contributed by atoms with Crippen LogP contribution in [0.3, 0.4) is 0 Å². The number of carbonyl (C=O) groups excluding carboxylic acids is 1. The van der Waals surface area contributed by atoms with E-state index < -0.39 is 0 Å². The summed E-state index contributed by atoms with van der Waals surface area (Å²) in [7, 11) is 3.10. The molecule has 7 nitrogen and oxygen atoms in total. The van der Waals surface area contributed by atoms with Crippen molar-refractivity contribution < 1.29 is 18.7 Å². The summed E-state index contributed by atoms with van der Waals surface area (Å²) in [6.07, 6.45) is 1.38. The number of rotatable bonds is 4. The third kappa shape index (κ3) is 3.53. The maximum absolute atomic E-state index is 14.0. The van der Waals surface area contributed by atoms with Gasteiger partial charge in [-0.1, -0.05) is 6.07 Å². The molecule has 0 radical (unpaired) electrons. The smallest absolute Gasteiger partial charge is 0.257 e. The quantitative estimate of drug-likeness (QED) is 0.676. The molecular weight excluding hydrogens is 375 g/mol. The summed E-state index contributed by atoms with van der Waals surface area (Å²) < 4.78 is 24.6.